The van der Waals surface area contributed by atoms with Gasteiger partial charge in [0.2, 0.25) is 10.0 Å². The summed E-state index contributed by atoms with van der Waals surface area (Å²) in [6, 6.07) is 11.4. The molecule has 2 aromatic rings. The molecule has 1 saturated heterocycles. The number of halogens is 2. The van der Waals surface area contributed by atoms with Crippen LogP contribution in [-0.2, 0) is 10.0 Å². The highest BCUT2D eigenvalue weighted by molar-refractivity contribution is 7.89. The van der Waals surface area contributed by atoms with E-state index < -0.39 is 10.0 Å². The van der Waals surface area contributed by atoms with E-state index in [9.17, 15) is 8.42 Å². The van der Waals surface area contributed by atoms with Gasteiger partial charge in [0, 0.05) is 36.2 Å². The number of thiocarbonyl (C=S) groups is 1. The second-order valence-electron chi connectivity index (χ2n) is 6.12. The molecule has 0 amide bonds. The summed E-state index contributed by atoms with van der Waals surface area (Å²) in [5.41, 5.74) is 0.663. The Bertz CT molecular complexity index is 961. The average molecular weight is 460 g/mol. The molecule has 3 rings (SSSR count). The SMILES string of the molecule is COc1ccc(Cl)cc1NC(=S)N1CCN(S(=O)(=O)c2ccc(Cl)cc2)CC1. The van der Waals surface area contributed by atoms with Gasteiger partial charge in [-0.25, -0.2) is 8.42 Å². The van der Waals surface area contributed by atoms with Crippen LogP contribution >= 0.6 is 35.4 Å². The van der Waals surface area contributed by atoms with E-state index >= 15 is 0 Å². The van der Waals surface area contributed by atoms with Crippen molar-refractivity contribution in [1.82, 2.24) is 9.21 Å². The Balaban J connectivity index is 1.64. The molecule has 1 aliphatic heterocycles. The Labute approximate surface area is 180 Å². The van der Waals surface area contributed by atoms with Crippen LogP contribution in [-0.4, -0.2) is 56.0 Å². The number of anilines is 1. The number of benzene rings is 2. The largest absolute Gasteiger partial charge is 0.495 e. The molecule has 0 radical (unpaired) electrons. The van der Waals surface area contributed by atoms with Gasteiger partial charge in [-0.3, -0.25) is 0 Å². The Kier molecular flexibility index (Phi) is 6.67. The van der Waals surface area contributed by atoms with Crippen molar-refractivity contribution < 1.29 is 13.2 Å². The molecule has 0 saturated carbocycles. The minimum absolute atomic E-state index is 0.231. The Morgan fingerprint density at radius 2 is 1.64 bits per heavy atom. The number of hydrogen-bond donors (Lipinski definition) is 1. The number of methoxy groups -OCH3 is 1. The molecular weight excluding hydrogens is 441 g/mol. The topological polar surface area (TPSA) is 61.9 Å². The summed E-state index contributed by atoms with van der Waals surface area (Å²) >= 11 is 17.4. The first-order chi connectivity index (χ1) is 13.3. The van der Waals surface area contributed by atoms with Gasteiger partial charge >= 0.3 is 0 Å². The number of sulfonamides is 1. The van der Waals surface area contributed by atoms with E-state index in [1.165, 1.54) is 16.4 Å². The van der Waals surface area contributed by atoms with E-state index in [0.29, 0.717) is 52.8 Å². The lowest BCUT2D eigenvalue weighted by Crippen LogP contribution is -2.51. The van der Waals surface area contributed by atoms with Gasteiger partial charge in [-0.15, -0.1) is 0 Å². The van der Waals surface area contributed by atoms with Gasteiger partial charge in [-0.2, -0.15) is 4.31 Å². The number of rotatable bonds is 4. The molecule has 6 nitrogen and oxygen atoms in total. The summed E-state index contributed by atoms with van der Waals surface area (Å²) in [7, 11) is -1.99. The van der Waals surface area contributed by atoms with Crippen LogP contribution in [0.4, 0.5) is 5.69 Å². The molecule has 0 aromatic heterocycles. The first-order valence-corrected chi connectivity index (χ1v) is 11.1. The fourth-order valence-electron chi connectivity index (χ4n) is 2.86. The number of nitrogens with one attached hydrogen (secondary N) is 1. The maximum atomic E-state index is 12.8. The third kappa shape index (κ3) is 4.69. The van der Waals surface area contributed by atoms with Crippen LogP contribution in [0.2, 0.25) is 10.0 Å². The van der Waals surface area contributed by atoms with Crippen molar-refractivity contribution >= 4 is 56.2 Å². The van der Waals surface area contributed by atoms with Gasteiger partial charge < -0.3 is 15.0 Å². The van der Waals surface area contributed by atoms with Crippen LogP contribution in [0, 0.1) is 0 Å². The van der Waals surface area contributed by atoms with Crippen molar-refractivity contribution in [1.29, 1.82) is 0 Å². The Morgan fingerprint density at radius 1 is 1.04 bits per heavy atom. The lowest BCUT2D eigenvalue weighted by Gasteiger charge is -2.35. The number of ether oxygens (including phenoxy) is 1. The van der Waals surface area contributed by atoms with E-state index in [0.717, 1.165) is 0 Å². The molecule has 1 N–H and O–H groups in total. The van der Waals surface area contributed by atoms with E-state index in [1.807, 2.05) is 4.90 Å². The molecular formula is C18H19Cl2N3O3S2. The minimum Gasteiger partial charge on any atom is -0.495 e. The molecule has 0 aliphatic carbocycles. The third-order valence-corrected chi connectivity index (χ3v) is 7.14. The minimum atomic E-state index is -3.56. The molecule has 0 spiro atoms. The number of nitrogens with zero attached hydrogens (tertiary/aromatic N) is 2. The smallest absolute Gasteiger partial charge is 0.243 e. The van der Waals surface area contributed by atoms with Crippen molar-refractivity contribution in [2.45, 2.75) is 4.90 Å². The van der Waals surface area contributed by atoms with Gasteiger partial charge in [-0.05, 0) is 54.7 Å². The lowest BCUT2D eigenvalue weighted by atomic mass is 10.3. The van der Waals surface area contributed by atoms with E-state index in [1.54, 1.807) is 37.4 Å². The van der Waals surface area contributed by atoms with Gasteiger partial charge in [0.1, 0.15) is 5.75 Å². The van der Waals surface area contributed by atoms with Crippen LogP contribution in [0.1, 0.15) is 0 Å². The molecule has 1 aliphatic rings. The second-order valence-corrected chi connectivity index (χ2v) is 9.32. The first-order valence-electron chi connectivity index (χ1n) is 8.46. The fraction of sp³-hybridized carbons (Fsp3) is 0.278. The van der Waals surface area contributed by atoms with Gasteiger partial charge in [-0.1, -0.05) is 23.2 Å². The van der Waals surface area contributed by atoms with Crippen LogP contribution in [0.25, 0.3) is 0 Å². The highest BCUT2D eigenvalue weighted by Gasteiger charge is 2.29. The number of piperazine rings is 1. The fourth-order valence-corrected chi connectivity index (χ4v) is 4.87. The van der Waals surface area contributed by atoms with E-state index in [2.05, 4.69) is 5.32 Å². The van der Waals surface area contributed by atoms with Crippen LogP contribution in [0.3, 0.4) is 0 Å². The maximum absolute atomic E-state index is 12.8. The summed E-state index contributed by atoms with van der Waals surface area (Å²) in [6.45, 7) is 1.61. The predicted octanol–water partition coefficient (Wildman–Crippen LogP) is 3.71. The lowest BCUT2D eigenvalue weighted by molar-refractivity contribution is 0.268. The van der Waals surface area contributed by atoms with Gasteiger partial charge in [0.25, 0.3) is 0 Å². The van der Waals surface area contributed by atoms with E-state index in [-0.39, 0.29) is 4.90 Å². The van der Waals surface area contributed by atoms with Gasteiger partial charge in [0.05, 0.1) is 17.7 Å². The van der Waals surface area contributed by atoms with Crippen molar-refractivity contribution in [3.63, 3.8) is 0 Å². The van der Waals surface area contributed by atoms with Gasteiger partial charge in [0.15, 0.2) is 5.11 Å². The quantitative estimate of drug-likeness (QED) is 0.703. The molecule has 10 heteroatoms. The van der Waals surface area contributed by atoms with Crippen LogP contribution in [0.15, 0.2) is 47.4 Å². The molecule has 0 unspecified atom stereocenters. The zero-order chi connectivity index (χ0) is 20.3. The standard InChI is InChI=1S/C18H19Cl2N3O3S2/c1-26-17-7-4-14(20)12-16(17)21-18(27)22-8-10-23(11-9-22)28(24,25)15-5-2-13(19)3-6-15/h2-7,12H,8-11H2,1H3,(H,21,27). The van der Waals surface area contributed by atoms with E-state index in [4.69, 9.17) is 40.2 Å². The Morgan fingerprint density at radius 3 is 2.25 bits per heavy atom. The highest BCUT2D eigenvalue weighted by atomic mass is 35.5. The number of hydrogen-bond acceptors (Lipinski definition) is 4. The normalized spacial score (nSPS) is 15.3. The summed E-state index contributed by atoms with van der Waals surface area (Å²) in [4.78, 5) is 2.15. The second kappa shape index (κ2) is 8.84. The molecule has 28 heavy (non-hydrogen) atoms. The Hall–Kier alpha value is -1.58. The molecule has 1 heterocycles. The van der Waals surface area contributed by atoms with Crippen molar-refractivity contribution in [2.24, 2.45) is 0 Å². The van der Waals surface area contributed by atoms with Crippen LogP contribution < -0.4 is 10.1 Å². The summed E-state index contributed by atoms with van der Waals surface area (Å²) in [6.07, 6.45) is 0. The highest BCUT2D eigenvalue weighted by Crippen LogP contribution is 2.28. The maximum Gasteiger partial charge on any atom is 0.243 e. The average Bonchev–Trinajstić information content (AvgIpc) is 2.68. The zero-order valence-corrected chi connectivity index (χ0v) is 18.2. The molecule has 2 aromatic carbocycles. The zero-order valence-electron chi connectivity index (χ0n) is 15.1. The summed E-state index contributed by atoms with van der Waals surface area (Å²) in [5, 5.41) is 4.68. The first kappa shape index (κ1) is 21.1. The molecule has 0 bridgehead atoms. The summed E-state index contributed by atoms with van der Waals surface area (Å²) in [5.74, 6) is 0.621. The summed E-state index contributed by atoms with van der Waals surface area (Å²) < 4.78 is 32.3. The predicted molar refractivity (Wildman–Crippen MR) is 116 cm³/mol. The molecule has 1 fully saturated rings. The molecule has 150 valence electrons. The third-order valence-electron chi connectivity index (χ3n) is 4.38. The van der Waals surface area contributed by atoms with Crippen molar-refractivity contribution in [3.8, 4) is 5.75 Å². The molecule has 0 atom stereocenters. The van der Waals surface area contributed by atoms with Crippen LogP contribution in [0.5, 0.6) is 5.75 Å². The van der Waals surface area contributed by atoms with Crippen molar-refractivity contribution in [2.75, 3.05) is 38.6 Å². The van der Waals surface area contributed by atoms with Crippen molar-refractivity contribution in [3.05, 3.63) is 52.5 Å². The monoisotopic (exact) mass is 459 g/mol.